The van der Waals surface area contributed by atoms with Crippen LogP contribution in [0.25, 0.3) is 0 Å². The van der Waals surface area contributed by atoms with Crippen LogP contribution in [0.4, 0.5) is 15.1 Å². The van der Waals surface area contributed by atoms with Gasteiger partial charge in [-0.05, 0) is 42.1 Å². The molecule has 1 fully saturated rings. The third-order valence-electron chi connectivity index (χ3n) is 4.22. The molecule has 1 aromatic carbocycles. The van der Waals surface area contributed by atoms with Crippen LogP contribution in [-0.2, 0) is 0 Å². The first-order valence-electron chi connectivity index (χ1n) is 6.98. The average Bonchev–Trinajstić information content (AvgIpc) is 3.11. The summed E-state index contributed by atoms with van der Waals surface area (Å²) in [5.41, 5.74) is -0.644. The number of ketones is 1. The second-order valence-electron chi connectivity index (χ2n) is 5.60. The number of aliphatic hydroxyl groups is 1. The number of carbonyl (C=O) groups is 1. The van der Waals surface area contributed by atoms with Gasteiger partial charge in [0.25, 0.3) is 0 Å². The maximum absolute atomic E-state index is 13.8. The number of aliphatic imine (C=N–C) groups is 1. The van der Waals surface area contributed by atoms with E-state index in [1.54, 1.807) is 13.0 Å². The summed E-state index contributed by atoms with van der Waals surface area (Å²) in [6.07, 6.45) is 0.261. The van der Waals surface area contributed by atoms with E-state index in [9.17, 15) is 14.3 Å². The lowest BCUT2D eigenvalue weighted by atomic mass is 9.87. The molecule has 6 heteroatoms. The highest BCUT2D eigenvalue weighted by Crippen LogP contribution is 2.41. The molecule has 0 spiro atoms. The van der Waals surface area contributed by atoms with Gasteiger partial charge in [0.05, 0.1) is 10.7 Å². The lowest BCUT2D eigenvalue weighted by Gasteiger charge is -2.29. The molecule has 4 rings (SSSR count). The Bertz CT molecular complexity index is 816. The Morgan fingerprint density at radius 3 is 3.00 bits per heavy atom. The number of thiophene rings is 1. The van der Waals surface area contributed by atoms with Crippen LogP contribution < -0.4 is 4.90 Å². The van der Waals surface area contributed by atoms with E-state index in [1.165, 1.54) is 17.4 Å². The zero-order valence-corrected chi connectivity index (χ0v) is 12.7. The van der Waals surface area contributed by atoms with E-state index < -0.39 is 17.2 Å². The molecule has 1 N–H and O–H groups in total. The molecule has 2 aliphatic heterocycles. The summed E-state index contributed by atoms with van der Waals surface area (Å²) in [4.78, 5) is 19.0. The van der Waals surface area contributed by atoms with Gasteiger partial charge in [-0.15, -0.1) is 11.3 Å². The number of hydrogen-bond acceptors (Lipinski definition) is 5. The third-order valence-corrected chi connectivity index (χ3v) is 5.11. The molecule has 0 aliphatic carbocycles. The van der Waals surface area contributed by atoms with Crippen molar-refractivity contribution in [3.63, 3.8) is 0 Å². The van der Waals surface area contributed by atoms with E-state index in [1.807, 2.05) is 22.4 Å². The zero-order valence-electron chi connectivity index (χ0n) is 11.8. The number of fused-ring (bicyclic) bond motifs is 2. The molecular formula is C16H13FN2O2S. The maximum Gasteiger partial charge on any atom is 0.204 e. The molecule has 3 heterocycles. The van der Waals surface area contributed by atoms with E-state index in [-0.39, 0.29) is 12.0 Å². The normalized spacial score (nSPS) is 23.3. The standard InChI is InChI=1S/C16H13FN2O2S/c1-9-7-12-10(8-11(9)17)14(20)16(21)4-5-19(15(16)18-12)13-3-2-6-22-13/h2-3,6-8,21H,4-5H2,1H3/t16-/m1/s1. The van der Waals surface area contributed by atoms with Crippen molar-refractivity contribution < 1.29 is 14.3 Å². The van der Waals surface area contributed by atoms with Gasteiger partial charge in [-0.25, -0.2) is 9.38 Å². The first-order valence-corrected chi connectivity index (χ1v) is 7.86. The van der Waals surface area contributed by atoms with Gasteiger partial charge in [0.15, 0.2) is 11.4 Å². The number of carbonyl (C=O) groups excluding carboxylic acids is 1. The lowest BCUT2D eigenvalue weighted by molar-refractivity contribution is 0.0601. The minimum Gasteiger partial charge on any atom is -0.374 e. The minimum atomic E-state index is -1.65. The molecule has 112 valence electrons. The highest BCUT2D eigenvalue weighted by molar-refractivity contribution is 7.14. The smallest absolute Gasteiger partial charge is 0.204 e. The topological polar surface area (TPSA) is 52.9 Å². The third kappa shape index (κ3) is 1.71. The molecule has 1 aromatic heterocycles. The quantitative estimate of drug-likeness (QED) is 0.880. The second-order valence-corrected chi connectivity index (χ2v) is 6.52. The summed E-state index contributed by atoms with van der Waals surface area (Å²) in [5.74, 6) is -0.577. The Morgan fingerprint density at radius 2 is 2.27 bits per heavy atom. The monoisotopic (exact) mass is 316 g/mol. The minimum absolute atomic E-state index is 0.155. The van der Waals surface area contributed by atoms with E-state index in [4.69, 9.17) is 0 Å². The van der Waals surface area contributed by atoms with Crippen molar-refractivity contribution in [2.45, 2.75) is 18.9 Å². The van der Waals surface area contributed by atoms with Crippen molar-refractivity contribution in [2.75, 3.05) is 11.4 Å². The van der Waals surface area contributed by atoms with Gasteiger partial charge in [-0.2, -0.15) is 0 Å². The summed E-state index contributed by atoms with van der Waals surface area (Å²) in [7, 11) is 0. The molecule has 1 atom stereocenters. The number of anilines is 1. The Hall–Kier alpha value is -2.05. The summed E-state index contributed by atoms with van der Waals surface area (Å²) in [5, 5.41) is 13.7. The van der Waals surface area contributed by atoms with Gasteiger partial charge in [0.2, 0.25) is 5.78 Å². The maximum atomic E-state index is 13.8. The van der Waals surface area contributed by atoms with Crippen LogP contribution in [-0.4, -0.2) is 28.9 Å². The van der Waals surface area contributed by atoms with Crippen molar-refractivity contribution >= 4 is 33.6 Å². The molecule has 0 saturated carbocycles. The Balaban J connectivity index is 1.91. The predicted molar refractivity (Wildman–Crippen MR) is 83.8 cm³/mol. The van der Waals surface area contributed by atoms with Gasteiger partial charge in [0, 0.05) is 18.5 Å². The first-order chi connectivity index (χ1) is 10.5. The highest BCUT2D eigenvalue weighted by Gasteiger charge is 2.52. The average molecular weight is 316 g/mol. The molecule has 0 amide bonds. The number of aryl methyl sites for hydroxylation is 1. The van der Waals surface area contributed by atoms with Crippen LogP contribution in [0, 0.1) is 12.7 Å². The summed E-state index contributed by atoms with van der Waals surface area (Å²) in [6, 6.07) is 6.57. The number of hydrogen-bond donors (Lipinski definition) is 1. The van der Waals surface area contributed by atoms with Gasteiger partial charge < -0.3 is 10.0 Å². The molecule has 0 unspecified atom stereocenters. The Labute approximate surface area is 130 Å². The molecule has 1 saturated heterocycles. The Kier molecular flexibility index (Phi) is 2.76. The summed E-state index contributed by atoms with van der Waals surface area (Å²) >= 11 is 1.53. The van der Waals surface area contributed by atoms with Crippen molar-refractivity contribution in [3.05, 3.63) is 46.6 Å². The molecular weight excluding hydrogens is 303 g/mol. The molecule has 0 radical (unpaired) electrons. The fourth-order valence-corrected chi connectivity index (χ4v) is 3.76. The predicted octanol–water partition coefficient (Wildman–Crippen LogP) is 3.06. The number of rotatable bonds is 1. The SMILES string of the molecule is Cc1cc2c(cc1F)C(=O)[C@]1(O)CCN(c3cccs3)C1=N2. The van der Waals surface area contributed by atoms with Crippen LogP contribution in [0.3, 0.4) is 0 Å². The van der Waals surface area contributed by atoms with E-state index in [2.05, 4.69) is 4.99 Å². The van der Waals surface area contributed by atoms with Crippen LogP contribution in [0.5, 0.6) is 0 Å². The van der Waals surface area contributed by atoms with Gasteiger partial charge >= 0.3 is 0 Å². The van der Waals surface area contributed by atoms with Crippen LogP contribution in [0.1, 0.15) is 22.3 Å². The number of Topliss-reactive ketones (excluding diaryl/α,β-unsaturated/α-hetero) is 1. The second kappa shape index (κ2) is 4.47. The van der Waals surface area contributed by atoms with Gasteiger partial charge in [-0.3, -0.25) is 4.79 Å². The summed E-state index contributed by atoms with van der Waals surface area (Å²) < 4.78 is 13.8. The van der Waals surface area contributed by atoms with E-state index in [0.29, 0.717) is 23.6 Å². The first kappa shape index (κ1) is 13.6. The fourth-order valence-electron chi connectivity index (χ4n) is 3.00. The number of nitrogens with zero attached hydrogens (tertiary/aromatic N) is 2. The lowest BCUT2D eigenvalue weighted by Crippen LogP contribution is -2.48. The number of benzene rings is 1. The van der Waals surface area contributed by atoms with E-state index in [0.717, 1.165) is 5.00 Å². The van der Waals surface area contributed by atoms with Crippen molar-refractivity contribution in [2.24, 2.45) is 4.99 Å². The van der Waals surface area contributed by atoms with Crippen LogP contribution >= 0.6 is 11.3 Å². The van der Waals surface area contributed by atoms with Gasteiger partial charge in [-0.1, -0.05) is 0 Å². The molecule has 22 heavy (non-hydrogen) atoms. The van der Waals surface area contributed by atoms with Crippen LogP contribution in [0.15, 0.2) is 34.6 Å². The zero-order chi connectivity index (χ0) is 15.5. The Morgan fingerprint density at radius 1 is 1.45 bits per heavy atom. The molecule has 4 nitrogen and oxygen atoms in total. The largest absolute Gasteiger partial charge is 0.374 e. The van der Waals surface area contributed by atoms with Crippen molar-refractivity contribution in [1.29, 1.82) is 0 Å². The van der Waals surface area contributed by atoms with Crippen LogP contribution in [0.2, 0.25) is 0 Å². The van der Waals surface area contributed by atoms with Crippen molar-refractivity contribution in [1.82, 2.24) is 0 Å². The number of amidine groups is 1. The highest BCUT2D eigenvalue weighted by atomic mass is 32.1. The molecule has 2 aromatic rings. The van der Waals surface area contributed by atoms with Gasteiger partial charge in [0.1, 0.15) is 5.82 Å². The van der Waals surface area contributed by atoms with Crippen molar-refractivity contribution in [3.8, 4) is 0 Å². The molecule has 0 bridgehead atoms. The summed E-state index contributed by atoms with van der Waals surface area (Å²) in [6.45, 7) is 2.14. The molecule has 2 aliphatic rings. The number of halogens is 1. The fraction of sp³-hybridized carbons (Fsp3) is 0.250. The van der Waals surface area contributed by atoms with E-state index >= 15 is 0 Å².